The Morgan fingerprint density at radius 2 is 1.95 bits per heavy atom. The van der Waals surface area contributed by atoms with Crippen molar-refractivity contribution < 1.29 is 0 Å². The summed E-state index contributed by atoms with van der Waals surface area (Å²) in [6.45, 7) is 5.69. The molecule has 21 heavy (non-hydrogen) atoms. The molecule has 0 saturated carbocycles. The number of benzene rings is 1. The summed E-state index contributed by atoms with van der Waals surface area (Å²) in [5.74, 6) is 1.00. The van der Waals surface area contributed by atoms with Gasteiger partial charge >= 0.3 is 0 Å². The van der Waals surface area contributed by atoms with Crippen molar-refractivity contribution in [2.75, 3.05) is 31.1 Å². The number of piperazine rings is 1. The second kappa shape index (κ2) is 6.06. The summed E-state index contributed by atoms with van der Waals surface area (Å²) >= 11 is 0. The van der Waals surface area contributed by atoms with Crippen LogP contribution in [0.2, 0.25) is 0 Å². The molecule has 1 fully saturated rings. The number of aromatic nitrogens is 2. The van der Waals surface area contributed by atoms with Crippen molar-refractivity contribution in [2.45, 2.75) is 19.4 Å². The third-order valence-corrected chi connectivity index (χ3v) is 4.11. The molecule has 0 bridgehead atoms. The molecule has 2 heterocycles. The Hall–Kier alpha value is -2.19. The molecule has 1 aromatic heterocycles. The number of anilines is 1. The minimum Gasteiger partial charge on any atom is -0.353 e. The summed E-state index contributed by atoms with van der Waals surface area (Å²) in [4.78, 5) is 13.3. The van der Waals surface area contributed by atoms with Gasteiger partial charge in [-0.1, -0.05) is 19.1 Å². The third-order valence-electron chi connectivity index (χ3n) is 4.11. The SMILES string of the molecule is CCC(C#N)N1CCN(c2ncnc3ccccc23)CC1. The Morgan fingerprint density at radius 3 is 2.67 bits per heavy atom. The van der Waals surface area contributed by atoms with Crippen LogP contribution in [0, 0.1) is 11.3 Å². The van der Waals surface area contributed by atoms with Gasteiger partial charge in [0.25, 0.3) is 0 Å². The minimum atomic E-state index is 0.0364. The van der Waals surface area contributed by atoms with Gasteiger partial charge in [0.1, 0.15) is 12.1 Å². The fourth-order valence-corrected chi connectivity index (χ4v) is 2.92. The first kappa shape index (κ1) is 13.8. The van der Waals surface area contributed by atoms with Crippen LogP contribution < -0.4 is 4.90 Å². The molecule has 1 aliphatic rings. The molecule has 2 aromatic rings. The standard InChI is InChI=1S/C16H19N5/c1-2-13(11-17)20-7-9-21(10-8-20)16-14-5-3-4-6-15(14)18-12-19-16/h3-6,12-13H,2,7-10H2,1H3. The maximum atomic E-state index is 9.18. The van der Waals surface area contributed by atoms with Crippen molar-refractivity contribution in [3.05, 3.63) is 30.6 Å². The first-order valence-corrected chi connectivity index (χ1v) is 7.42. The number of fused-ring (bicyclic) bond motifs is 1. The molecule has 0 radical (unpaired) electrons. The van der Waals surface area contributed by atoms with Gasteiger partial charge < -0.3 is 4.90 Å². The van der Waals surface area contributed by atoms with Gasteiger partial charge in [-0.3, -0.25) is 4.90 Å². The van der Waals surface area contributed by atoms with Crippen molar-refractivity contribution in [3.8, 4) is 6.07 Å². The predicted octanol–water partition coefficient (Wildman–Crippen LogP) is 2.05. The van der Waals surface area contributed by atoms with Crippen LogP contribution >= 0.6 is 0 Å². The molecule has 5 heteroatoms. The first-order chi connectivity index (χ1) is 10.3. The van der Waals surface area contributed by atoms with Crippen molar-refractivity contribution in [3.63, 3.8) is 0 Å². The van der Waals surface area contributed by atoms with Crippen LogP contribution in [0.15, 0.2) is 30.6 Å². The zero-order chi connectivity index (χ0) is 14.7. The van der Waals surface area contributed by atoms with Crippen LogP contribution in [0.25, 0.3) is 10.9 Å². The van der Waals surface area contributed by atoms with E-state index in [1.807, 2.05) is 18.2 Å². The van der Waals surface area contributed by atoms with Gasteiger partial charge in [-0.05, 0) is 18.6 Å². The fourth-order valence-electron chi connectivity index (χ4n) is 2.92. The molecule has 1 unspecified atom stereocenters. The van der Waals surface area contributed by atoms with Gasteiger partial charge in [0.15, 0.2) is 0 Å². The van der Waals surface area contributed by atoms with E-state index < -0.39 is 0 Å². The van der Waals surface area contributed by atoms with E-state index in [4.69, 9.17) is 0 Å². The van der Waals surface area contributed by atoms with E-state index in [0.717, 1.165) is 49.3 Å². The average Bonchev–Trinajstić information content (AvgIpc) is 2.56. The smallest absolute Gasteiger partial charge is 0.139 e. The summed E-state index contributed by atoms with van der Waals surface area (Å²) in [5.41, 5.74) is 0.980. The van der Waals surface area contributed by atoms with E-state index >= 15 is 0 Å². The van der Waals surface area contributed by atoms with Crippen LogP contribution in [0.3, 0.4) is 0 Å². The Labute approximate surface area is 124 Å². The van der Waals surface area contributed by atoms with Crippen LogP contribution in [-0.4, -0.2) is 47.1 Å². The average molecular weight is 281 g/mol. The lowest BCUT2D eigenvalue weighted by atomic mass is 10.1. The highest BCUT2D eigenvalue weighted by atomic mass is 15.3. The van der Waals surface area contributed by atoms with Gasteiger partial charge in [0.2, 0.25) is 0 Å². The molecule has 1 saturated heterocycles. The molecule has 0 amide bonds. The van der Waals surface area contributed by atoms with E-state index in [1.165, 1.54) is 0 Å². The molecule has 0 spiro atoms. The summed E-state index contributed by atoms with van der Waals surface area (Å²) in [5, 5.41) is 10.3. The summed E-state index contributed by atoms with van der Waals surface area (Å²) in [6, 6.07) is 10.5. The maximum absolute atomic E-state index is 9.18. The van der Waals surface area contributed by atoms with Crippen molar-refractivity contribution >= 4 is 16.7 Å². The van der Waals surface area contributed by atoms with E-state index in [9.17, 15) is 5.26 Å². The summed E-state index contributed by atoms with van der Waals surface area (Å²) in [6.07, 6.45) is 2.51. The number of para-hydroxylation sites is 1. The summed E-state index contributed by atoms with van der Waals surface area (Å²) < 4.78 is 0. The number of nitrogens with zero attached hydrogens (tertiary/aromatic N) is 5. The highest BCUT2D eigenvalue weighted by Gasteiger charge is 2.24. The highest BCUT2D eigenvalue weighted by Crippen LogP contribution is 2.23. The van der Waals surface area contributed by atoms with Gasteiger partial charge in [0, 0.05) is 31.6 Å². The maximum Gasteiger partial charge on any atom is 0.139 e. The van der Waals surface area contributed by atoms with Crippen molar-refractivity contribution in [1.29, 1.82) is 5.26 Å². The highest BCUT2D eigenvalue weighted by molar-refractivity contribution is 5.89. The Balaban J connectivity index is 1.79. The second-order valence-electron chi connectivity index (χ2n) is 5.29. The fraction of sp³-hybridized carbons (Fsp3) is 0.438. The molecule has 108 valence electrons. The van der Waals surface area contributed by atoms with Gasteiger partial charge in [0.05, 0.1) is 17.6 Å². The number of hydrogen-bond donors (Lipinski definition) is 0. The molecular weight excluding hydrogens is 262 g/mol. The van der Waals surface area contributed by atoms with E-state index in [2.05, 4.69) is 38.8 Å². The zero-order valence-electron chi connectivity index (χ0n) is 12.2. The number of hydrogen-bond acceptors (Lipinski definition) is 5. The third kappa shape index (κ3) is 2.67. The Bertz CT molecular complexity index is 650. The number of rotatable bonds is 3. The van der Waals surface area contributed by atoms with Crippen LogP contribution in [0.4, 0.5) is 5.82 Å². The van der Waals surface area contributed by atoms with Crippen LogP contribution in [0.1, 0.15) is 13.3 Å². The van der Waals surface area contributed by atoms with Crippen LogP contribution in [-0.2, 0) is 0 Å². The van der Waals surface area contributed by atoms with Gasteiger partial charge in [-0.25, -0.2) is 9.97 Å². The van der Waals surface area contributed by atoms with Gasteiger partial charge in [-0.15, -0.1) is 0 Å². The molecule has 1 aliphatic heterocycles. The molecular formula is C16H19N5. The number of nitriles is 1. The predicted molar refractivity (Wildman–Crippen MR) is 83.0 cm³/mol. The molecule has 0 N–H and O–H groups in total. The second-order valence-corrected chi connectivity index (χ2v) is 5.29. The van der Waals surface area contributed by atoms with Crippen molar-refractivity contribution in [1.82, 2.24) is 14.9 Å². The van der Waals surface area contributed by atoms with Crippen molar-refractivity contribution in [2.24, 2.45) is 0 Å². The lowest BCUT2D eigenvalue weighted by Crippen LogP contribution is -2.50. The topological polar surface area (TPSA) is 56.1 Å². The zero-order valence-corrected chi connectivity index (χ0v) is 12.2. The van der Waals surface area contributed by atoms with Gasteiger partial charge in [-0.2, -0.15) is 5.26 Å². The quantitative estimate of drug-likeness (QED) is 0.862. The monoisotopic (exact) mass is 281 g/mol. The molecule has 5 nitrogen and oxygen atoms in total. The lowest BCUT2D eigenvalue weighted by molar-refractivity contribution is 0.216. The minimum absolute atomic E-state index is 0.0364. The summed E-state index contributed by atoms with van der Waals surface area (Å²) in [7, 11) is 0. The van der Waals surface area contributed by atoms with E-state index in [1.54, 1.807) is 6.33 Å². The van der Waals surface area contributed by atoms with E-state index in [-0.39, 0.29) is 6.04 Å². The lowest BCUT2D eigenvalue weighted by Gasteiger charge is -2.37. The Kier molecular flexibility index (Phi) is 3.98. The normalized spacial score (nSPS) is 17.6. The molecule has 1 atom stereocenters. The van der Waals surface area contributed by atoms with Crippen LogP contribution in [0.5, 0.6) is 0 Å². The molecule has 1 aromatic carbocycles. The largest absolute Gasteiger partial charge is 0.353 e. The molecule has 0 aliphatic carbocycles. The molecule has 3 rings (SSSR count). The Morgan fingerprint density at radius 1 is 1.19 bits per heavy atom. The first-order valence-electron chi connectivity index (χ1n) is 7.42. The van der Waals surface area contributed by atoms with E-state index in [0.29, 0.717) is 0 Å².